The Morgan fingerprint density at radius 2 is 1.76 bits per heavy atom. The highest BCUT2D eigenvalue weighted by molar-refractivity contribution is 7.89. The van der Waals surface area contributed by atoms with Crippen LogP contribution in [0.2, 0.25) is 5.02 Å². The van der Waals surface area contributed by atoms with E-state index in [0.29, 0.717) is 16.3 Å². The molecule has 0 radical (unpaired) electrons. The van der Waals surface area contributed by atoms with Gasteiger partial charge < -0.3 is 5.32 Å². The van der Waals surface area contributed by atoms with E-state index < -0.39 is 10.0 Å². The fourth-order valence-corrected chi connectivity index (χ4v) is 2.42. The molecule has 2 aromatic carbocycles. The van der Waals surface area contributed by atoms with Crippen LogP contribution in [0.1, 0.15) is 15.9 Å². The number of carbonyl (C=O) groups is 1. The number of anilines is 1. The van der Waals surface area contributed by atoms with Crippen LogP contribution in [0.5, 0.6) is 0 Å². The molecule has 0 fully saturated rings. The van der Waals surface area contributed by atoms with Crippen molar-refractivity contribution in [1.82, 2.24) is 0 Å². The number of halogens is 1. The molecule has 5 nitrogen and oxygen atoms in total. The van der Waals surface area contributed by atoms with Gasteiger partial charge in [-0.2, -0.15) is 0 Å². The summed E-state index contributed by atoms with van der Waals surface area (Å²) in [4.78, 5) is 12.1. The zero-order chi connectivity index (χ0) is 15.6. The van der Waals surface area contributed by atoms with E-state index in [1.165, 1.54) is 24.3 Å². The summed E-state index contributed by atoms with van der Waals surface area (Å²) in [5.74, 6) is -0.360. The summed E-state index contributed by atoms with van der Waals surface area (Å²) in [5.41, 5.74) is 1.68. The highest BCUT2D eigenvalue weighted by Crippen LogP contribution is 2.23. The Morgan fingerprint density at radius 3 is 2.33 bits per heavy atom. The third-order valence-electron chi connectivity index (χ3n) is 2.96. The minimum Gasteiger partial charge on any atom is -0.322 e. The van der Waals surface area contributed by atoms with Crippen molar-refractivity contribution in [3.63, 3.8) is 0 Å². The monoisotopic (exact) mass is 324 g/mol. The smallest absolute Gasteiger partial charge is 0.255 e. The molecule has 1 amide bonds. The Labute approximate surface area is 127 Å². The lowest BCUT2D eigenvalue weighted by molar-refractivity contribution is 0.102. The fourth-order valence-electron chi connectivity index (χ4n) is 1.73. The number of sulfonamides is 1. The predicted molar refractivity (Wildman–Crippen MR) is 82.0 cm³/mol. The third kappa shape index (κ3) is 3.60. The molecule has 0 saturated carbocycles. The highest BCUT2D eigenvalue weighted by Gasteiger charge is 2.11. The number of nitrogens with one attached hydrogen (secondary N) is 1. The van der Waals surface area contributed by atoms with E-state index in [9.17, 15) is 13.2 Å². The number of nitrogens with two attached hydrogens (primary N) is 1. The minimum atomic E-state index is -3.77. The Morgan fingerprint density at radius 1 is 1.14 bits per heavy atom. The van der Waals surface area contributed by atoms with E-state index >= 15 is 0 Å². The number of hydrogen-bond donors (Lipinski definition) is 2. The number of hydrogen-bond acceptors (Lipinski definition) is 3. The standard InChI is InChI=1S/C14H13ClN2O3S/c1-9-12(15)3-2-4-13(9)17-14(18)10-5-7-11(8-6-10)21(16,19)20/h2-8H,1H3,(H,17,18)(H2,16,19,20). The van der Waals surface area contributed by atoms with Crippen LogP contribution in [-0.4, -0.2) is 14.3 Å². The minimum absolute atomic E-state index is 0.0435. The summed E-state index contributed by atoms with van der Waals surface area (Å²) in [6.07, 6.45) is 0. The molecule has 0 heterocycles. The Hall–Kier alpha value is -1.89. The molecule has 110 valence electrons. The fraction of sp³-hybridized carbons (Fsp3) is 0.0714. The molecule has 2 rings (SSSR count). The Kier molecular flexibility index (Phi) is 4.32. The van der Waals surface area contributed by atoms with Gasteiger partial charge in [-0.3, -0.25) is 4.79 Å². The molecule has 0 atom stereocenters. The summed E-state index contributed by atoms with van der Waals surface area (Å²) in [6.45, 7) is 1.79. The molecule has 0 aliphatic heterocycles. The van der Waals surface area contributed by atoms with Gasteiger partial charge in [-0.15, -0.1) is 0 Å². The van der Waals surface area contributed by atoms with Gasteiger partial charge >= 0.3 is 0 Å². The first-order valence-electron chi connectivity index (χ1n) is 5.98. The molecule has 0 spiro atoms. The molecule has 0 aliphatic carbocycles. The normalized spacial score (nSPS) is 11.2. The van der Waals surface area contributed by atoms with Crippen molar-refractivity contribution in [2.45, 2.75) is 11.8 Å². The van der Waals surface area contributed by atoms with Crippen molar-refractivity contribution in [3.05, 3.63) is 58.6 Å². The van der Waals surface area contributed by atoms with Crippen molar-refractivity contribution in [1.29, 1.82) is 0 Å². The second-order valence-electron chi connectivity index (χ2n) is 4.44. The van der Waals surface area contributed by atoms with E-state index in [1.807, 2.05) is 0 Å². The van der Waals surface area contributed by atoms with Gasteiger partial charge in [0.25, 0.3) is 5.91 Å². The summed E-state index contributed by atoms with van der Waals surface area (Å²) in [7, 11) is -3.77. The van der Waals surface area contributed by atoms with E-state index in [0.717, 1.165) is 5.56 Å². The average molecular weight is 325 g/mol. The van der Waals surface area contributed by atoms with Crippen LogP contribution in [0.25, 0.3) is 0 Å². The maximum atomic E-state index is 12.1. The molecule has 0 aromatic heterocycles. The second-order valence-corrected chi connectivity index (χ2v) is 6.40. The molecule has 21 heavy (non-hydrogen) atoms. The lowest BCUT2D eigenvalue weighted by Gasteiger charge is -2.09. The predicted octanol–water partition coefficient (Wildman–Crippen LogP) is 2.55. The van der Waals surface area contributed by atoms with Gasteiger partial charge in [-0.1, -0.05) is 17.7 Å². The van der Waals surface area contributed by atoms with Gasteiger partial charge in [-0.25, -0.2) is 13.6 Å². The van der Waals surface area contributed by atoms with Gasteiger partial charge in [0.1, 0.15) is 0 Å². The Balaban J connectivity index is 2.23. The third-order valence-corrected chi connectivity index (χ3v) is 4.30. The molecule has 0 bridgehead atoms. The van der Waals surface area contributed by atoms with Gasteiger partial charge in [0.15, 0.2) is 0 Å². The number of benzene rings is 2. The number of amides is 1. The van der Waals surface area contributed by atoms with Crippen LogP contribution >= 0.6 is 11.6 Å². The van der Waals surface area contributed by atoms with E-state index in [4.69, 9.17) is 16.7 Å². The SMILES string of the molecule is Cc1c(Cl)cccc1NC(=O)c1ccc(S(N)(=O)=O)cc1. The van der Waals surface area contributed by atoms with Gasteiger partial charge in [0.05, 0.1) is 4.90 Å². The molecule has 0 saturated heterocycles. The lowest BCUT2D eigenvalue weighted by atomic mass is 10.1. The van der Waals surface area contributed by atoms with Crippen molar-refractivity contribution in [2.24, 2.45) is 5.14 Å². The van der Waals surface area contributed by atoms with Crippen LogP contribution in [0.15, 0.2) is 47.4 Å². The zero-order valence-electron chi connectivity index (χ0n) is 11.1. The van der Waals surface area contributed by atoms with Gasteiger partial charge in [0.2, 0.25) is 10.0 Å². The first kappa shape index (κ1) is 15.5. The van der Waals surface area contributed by atoms with E-state index in [2.05, 4.69) is 5.32 Å². The maximum absolute atomic E-state index is 12.1. The van der Waals surface area contributed by atoms with Crippen LogP contribution in [0.4, 0.5) is 5.69 Å². The molecule has 3 N–H and O–H groups in total. The molecule has 0 aliphatic rings. The van der Waals surface area contributed by atoms with Gasteiger partial charge in [-0.05, 0) is 48.9 Å². The van der Waals surface area contributed by atoms with Crippen molar-refractivity contribution in [2.75, 3.05) is 5.32 Å². The molecule has 2 aromatic rings. The lowest BCUT2D eigenvalue weighted by Crippen LogP contribution is -2.15. The Bertz CT molecular complexity index is 786. The number of rotatable bonds is 3. The van der Waals surface area contributed by atoms with Crippen molar-refractivity contribution in [3.8, 4) is 0 Å². The summed E-state index contributed by atoms with van der Waals surface area (Å²) >= 11 is 5.98. The zero-order valence-corrected chi connectivity index (χ0v) is 12.7. The average Bonchev–Trinajstić information content (AvgIpc) is 2.43. The topological polar surface area (TPSA) is 89.3 Å². The van der Waals surface area contributed by atoms with E-state index in [1.54, 1.807) is 25.1 Å². The van der Waals surface area contributed by atoms with Crippen LogP contribution < -0.4 is 10.5 Å². The first-order valence-corrected chi connectivity index (χ1v) is 7.91. The quantitative estimate of drug-likeness (QED) is 0.909. The van der Waals surface area contributed by atoms with Crippen LogP contribution in [-0.2, 0) is 10.0 Å². The van der Waals surface area contributed by atoms with Crippen molar-refractivity contribution >= 4 is 33.2 Å². The molecule has 0 unspecified atom stereocenters. The molecular formula is C14H13ClN2O3S. The van der Waals surface area contributed by atoms with Crippen LogP contribution in [0.3, 0.4) is 0 Å². The second kappa shape index (κ2) is 5.85. The summed E-state index contributed by atoms with van der Waals surface area (Å²) in [5, 5.41) is 8.27. The number of carbonyl (C=O) groups excluding carboxylic acids is 1. The van der Waals surface area contributed by atoms with Gasteiger partial charge in [0, 0.05) is 16.3 Å². The van der Waals surface area contributed by atoms with E-state index in [-0.39, 0.29) is 10.8 Å². The summed E-state index contributed by atoms with van der Waals surface area (Å²) < 4.78 is 22.3. The van der Waals surface area contributed by atoms with Crippen LogP contribution in [0, 0.1) is 6.92 Å². The molecular weight excluding hydrogens is 312 g/mol. The highest BCUT2D eigenvalue weighted by atomic mass is 35.5. The number of primary sulfonamides is 1. The summed E-state index contributed by atoms with van der Waals surface area (Å²) in [6, 6.07) is 10.6. The molecule has 7 heteroatoms. The largest absolute Gasteiger partial charge is 0.322 e. The maximum Gasteiger partial charge on any atom is 0.255 e. The van der Waals surface area contributed by atoms with Crippen molar-refractivity contribution < 1.29 is 13.2 Å². The first-order chi connectivity index (χ1) is 9.79.